The van der Waals surface area contributed by atoms with Crippen molar-refractivity contribution in [1.29, 1.82) is 5.26 Å². The average molecular weight is 394 g/mol. The Labute approximate surface area is 169 Å². The SMILES string of the molecule is CC(=O)c1ccc(NC(=O)CCN2CCN(c3ccc(C#N)cc3F)CC2)cc1. The molecule has 2 aromatic rings. The minimum absolute atomic E-state index is 0.0112. The lowest BCUT2D eigenvalue weighted by Crippen LogP contribution is -2.47. The zero-order valence-electron chi connectivity index (χ0n) is 16.3. The van der Waals surface area contributed by atoms with E-state index in [1.54, 1.807) is 36.4 Å². The number of hydrogen-bond donors (Lipinski definition) is 1. The van der Waals surface area contributed by atoms with Gasteiger partial charge in [-0.2, -0.15) is 5.26 Å². The Kier molecular flexibility index (Phi) is 6.57. The molecule has 0 atom stereocenters. The molecule has 7 heteroatoms. The summed E-state index contributed by atoms with van der Waals surface area (Å²) < 4.78 is 14.2. The van der Waals surface area contributed by atoms with Gasteiger partial charge in [-0.15, -0.1) is 0 Å². The molecule has 1 amide bonds. The van der Waals surface area contributed by atoms with Crippen LogP contribution < -0.4 is 10.2 Å². The van der Waals surface area contributed by atoms with Gasteiger partial charge in [-0.1, -0.05) is 0 Å². The number of anilines is 2. The molecular weight excluding hydrogens is 371 g/mol. The number of ketones is 1. The van der Waals surface area contributed by atoms with Gasteiger partial charge >= 0.3 is 0 Å². The maximum absolute atomic E-state index is 14.2. The normalized spacial score (nSPS) is 14.3. The van der Waals surface area contributed by atoms with E-state index in [1.807, 2.05) is 11.0 Å². The number of halogens is 1. The molecule has 0 spiro atoms. The van der Waals surface area contributed by atoms with Gasteiger partial charge in [-0.3, -0.25) is 14.5 Å². The molecule has 1 heterocycles. The molecule has 1 N–H and O–H groups in total. The van der Waals surface area contributed by atoms with Crippen molar-refractivity contribution in [1.82, 2.24) is 4.90 Å². The fraction of sp³-hybridized carbons (Fsp3) is 0.318. The molecule has 0 radical (unpaired) electrons. The molecule has 0 aromatic heterocycles. The second-order valence-electron chi connectivity index (χ2n) is 7.04. The van der Waals surface area contributed by atoms with Crippen LogP contribution in [0.15, 0.2) is 42.5 Å². The summed E-state index contributed by atoms with van der Waals surface area (Å²) in [6.45, 7) is 4.93. The second-order valence-corrected chi connectivity index (χ2v) is 7.04. The molecule has 1 aliphatic rings. The summed E-state index contributed by atoms with van der Waals surface area (Å²) >= 11 is 0. The third-order valence-corrected chi connectivity index (χ3v) is 5.02. The molecule has 1 aliphatic heterocycles. The minimum atomic E-state index is -0.382. The number of amides is 1. The number of nitriles is 1. The number of nitrogens with one attached hydrogen (secondary N) is 1. The van der Waals surface area contributed by atoms with Crippen LogP contribution in [0.4, 0.5) is 15.8 Å². The molecule has 150 valence electrons. The number of Topliss-reactive ketones (excluding diaryl/α,β-unsaturated/α-hetero) is 1. The molecule has 2 aromatic carbocycles. The van der Waals surface area contributed by atoms with Crippen molar-refractivity contribution in [2.45, 2.75) is 13.3 Å². The molecule has 0 saturated carbocycles. The van der Waals surface area contributed by atoms with Crippen LogP contribution in [0, 0.1) is 17.1 Å². The first-order valence-corrected chi connectivity index (χ1v) is 9.54. The highest BCUT2D eigenvalue weighted by Gasteiger charge is 2.20. The molecule has 1 fully saturated rings. The first kappa shape index (κ1) is 20.5. The fourth-order valence-electron chi connectivity index (χ4n) is 3.32. The molecular formula is C22H23FN4O2. The highest BCUT2D eigenvalue weighted by Crippen LogP contribution is 2.22. The highest BCUT2D eigenvalue weighted by atomic mass is 19.1. The van der Waals surface area contributed by atoms with E-state index in [2.05, 4.69) is 10.2 Å². The summed E-state index contributed by atoms with van der Waals surface area (Å²) in [6, 6.07) is 13.3. The van der Waals surface area contributed by atoms with E-state index in [0.717, 1.165) is 13.1 Å². The molecule has 29 heavy (non-hydrogen) atoms. The Hall–Kier alpha value is -3.24. The van der Waals surface area contributed by atoms with E-state index < -0.39 is 0 Å². The molecule has 6 nitrogen and oxygen atoms in total. The van der Waals surface area contributed by atoms with Crippen molar-refractivity contribution in [2.75, 3.05) is 42.9 Å². The first-order chi connectivity index (χ1) is 14.0. The number of hydrogen-bond acceptors (Lipinski definition) is 5. The lowest BCUT2D eigenvalue weighted by Gasteiger charge is -2.36. The number of carbonyl (C=O) groups is 2. The van der Waals surface area contributed by atoms with Crippen molar-refractivity contribution in [3.8, 4) is 6.07 Å². The van der Waals surface area contributed by atoms with E-state index in [-0.39, 0.29) is 17.5 Å². The third kappa shape index (κ3) is 5.39. The minimum Gasteiger partial charge on any atom is -0.367 e. The van der Waals surface area contributed by atoms with Crippen LogP contribution in [0.1, 0.15) is 29.3 Å². The molecule has 1 saturated heterocycles. The Bertz CT molecular complexity index is 929. The van der Waals surface area contributed by atoms with E-state index in [1.165, 1.54) is 13.0 Å². The van der Waals surface area contributed by atoms with Crippen LogP contribution >= 0.6 is 0 Å². The van der Waals surface area contributed by atoms with Gasteiger partial charge in [0.25, 0.3) is 0 Å². The number of benzene rings is 2. The zero-order valence-corrected chi connectivity index (χ0v) is 16.3. The van der Waals surface area contributed by atoms with Crippen molar-refractivity contribution in [3.05, 3.63) is 59.4 Å². The highest BCUT2D eigenvalue weighted by molar-refractivity contribution is 5.95. The van der Waals surface area contributed by atoms with Gasteiger partial charge in [-0.25, -0.2) is 4.39 Å². The third-order valence-electron chi connectivity index (χ3n) is 5.02. The van der Waals surface area contributed by atoms with E-state index in [4.69, 9.17) is 5.26 Å². The maximum atomic E-state index is 14.2. The fourth-order valence-corrected chi connectivity index (χ4v) is 3.32. The Morgan fingerprint density at radius 1 is 1.10 bits per heavy atom. The first-order valence-electron chi connectivity index (χ1n) is 9.54. The zero-order chi connectivity index (χ0) is 20.8. The van der Waals surface area contributed by atoms with Crippen LogP contribution in [0.5, 0.6) is 0 Å². The van der Waals surface area contributed by atoms with Gasteiger partial charge in [-0.05, 0) is 49.4 Å². The van der Waals surface area contributed by atoms with Gasteiger partial charge in [0, 0.05) is 50.4 Å². The molecule has 0 bridgehead atoms. The van der Waals surface area contributed by atoms with Gasteiger partial charge in [0.2, 0.25) is 5.91 Å². The average Bonchev–Trinajstić information content (AvgIpc) is 2.73. The molecule has 3 rings (SSSR count). The lowest BCUT2D eigenvalue weighted by molar-refractivity contribution is -0.116. The monoisotopic (exact) mass is 394 g/mol. The Balaban J connectivity index is 1.44. The lowest BCUT2D eigenvalue weighted by atomic mass is 10.1. The summed E-state index contributed by atoms with van der Waals surface area (Å²) in [4.78, 5) is 27.6. The predicted molar refractivity (Wildman–Crippen MR) is 109 cm³/mol. The van der Waals surface area contributed by atoms with E-state index >= 15 is 0 Å². The summed E-state index contributed by atoms with van der Waals surface area (Å²) in [5, 5.41) is 11.7. The van der Waals surface area contributed by atoms with Crippen LogP contribution in [0.3, 0.4) is 0 Å². The van der Waals surface area contributed by atoms with Crippen LogP contribution in [0.25, 0.3) is 0 Å². The van der Waals surface area contributed by atoms with Gasteiger partial charge in [0.15, 0.2) is 5.78 Å². The van der Waals surface area contributed by atoms with Gasteiger partial charge < -0.3 is 10.2 Å². The quantitative estimate of drug-likeness (QED) is 0.762. The molecule has 0 unspecified atom stereocenters. The molecule has 0 aliphatic carbocycles. The summed E-state index contributed by atoms with van der Waals surface area (Å²) in [5.74, 6) is -0.475. The van der Waals surface area contributed by atoms with Crippen molar-refractivity contribution in [2.24, 2.45) is 0 Å². The Morgan fingerprint density at radius 3 is 2.38 bits per heavy atom. The second kappa shape index (κ2) is 9.30. The standard InChI is InChI=1S/C22H23FN4O2/c1-16(28)18-3-5-19(6-4-18)25-22(29)8-9-26-10-12-27(13-11-26)21-7-2-17(15-24)14-20(21)23/h2-7,14H,8-13H2,1H3,(H,25,29). The van der Waals surface area contributed by atoms with Crippen molar-refractivity contribution in [3.63, 3.8) is 0 Å². The predicted octanol–water partition coefficient (Wildman–Crippen LogP) is 3.05. The number of piperazine rings is 1. The topological polar surface area (TPSA) is 76.4 Å². The van der Waals surface area contributed by atoms with Crippen molar-refractivity contribution < 1.29 is 14.0 Å². The number of rotatable bonds is 6. The van der Waals surface area contributed by atoms with Crippen LogP contribution in [0.2, 0.25) is 0 Å². The summed E-state index contributed by atoms with van der Waals surface area (Å²) in [6.07, 6.45) is 0.361. The smallest absolute Gasteiger partial charge is 0.225 e. The summed E-state index contributed by atoms with van der Waals surface area (Å²) in [5.41, 5.74) is 2.10. The van der Waals surface area contributed by atoms with Gasteiger partial charge in [0.05, 0.1) is 17.3 Å². The summed E-state index contributed by atoms with van der Waals surface area (Å²) in [7, 11) is 0. The maximum Gasteiger partial charge on any atom is 0.225 e. The number of carbonyl (C=O) groups excluding carboxylic acids is 2. The van der Waals surface area contributed by atoms with E-state index in [9.17, 15) is 14.0 Å². The van der Waals surface area contributed by atoms with Crippen LogP contribution in [-0.4, -0.2) is 49.3 Å². The van der Waals surface area contributed by atoms with Crippen LogP contribution in [-0.2, 0) is 4.79 Å². The Morgan fingerprint density at radius 2 is 1.79 bits per heavy atom. The number of nitrogens with zero attached hydrogens (tertiary/aromatic N) is 3. The van der Waals surface area contributed by atoms with Crippen molar-refractivity contribution >= 4 is 23.1 Å². The largest absolute Gasteiger partial charge is 0.367 e. The van der Waals surface area contributed by atoms with Gasteiger partial charge in [0.1, 0.15) is 5.82 Å². The van der Waals surface area contributed by atoms with E-state index in [0.29, 0.717) is 48.6 Å².